The molecule has 3 amide bonds. The number of carbonyl (C=O) groups is 3. The molecular formula is C34H28N4O3S. The number of anilines is 2. The number of hydrogen-bond acceptors (Lipinski definition) is 4. The minimum absolute atomic E-state index is 0.0481. The molecule has 42 heavy (non-hydrogen) atoms. The van der Waals surface area contributed by atoms with Gasteiger partial charge in [-0.15, -0.1) is 11.8 Å². The van der Waals surface area contributed by atoms with Crippen LogP contribution in [0.5, 0.6) is 0 Å². The predicted molar refractivity (Wildman–Crippen MR) is 168 cm³/mol. The lowest BCUT2D eigenvalue weighted by molar-refractivity contribution is -0.116. The zero-order valence-corrected chi connectivity index (χ0v) is 23.5. The van der Waals surface area contributed by atoms with E-state index in [2.05, 4.69) is 21.7 Å². The van der Waals surface area contributed by atoms with Crippen LogP contribution in [0.4, 0.5) is 11.4 Å². The van der Waals surface area contributed by atoms with Crippen LogP contribution in [0, 0.1) is 0 Å². The Hall–Kier alpha value is -5.08. The number of nitrogens with one attached hydrogen (secondary N) is 3. The van der Waals surface area contributed by atoms with Crippen molar-refractivity contribution in [3.8, 4) is 0 Å². The number of benzene rings is 4. The lowest BCUT2D eigenvalue weighted by Crippen LogP contribution is -2.30. The molecule has 1 aliphatic rings. The number of carbonyl (C=O) groups excluding carboxylic acids is 3. The Kier molecular flexibility index (Phi) is 7.87. The molecule has 1 aliphatic heterocycles. The first-order valence-corrected chi connectivity index (χ1v) is 14.6. The molecule has 1 aromatic heterocycles. The van der Waals surface area contributed by atoms with Gasteiger partial charge in [-0.3, -0.25) is 14.4 Å². The summed E-state index contributed by atoms with van der Waals surface area (Å²) >= 11 is 1.42. The number of aromatic amines is 1. The Morgan fingerprint density at radius 3 is 2.55 bits per heavy atom. The third kappa shape index (κ3) is 5.99. The lowest BCUT2D eigenvalue weighted by atomic mass is 10.1. The van der Waals surface area contributed by atoms with E-state index < -0.39 is 5.91 Å². The van der Waals surface area contributed by atoms with Crippen molar-refractivity contribution >= 4 is 57.8 Å². The Labute approximate surface area is 247 Å². The molecule has 5 aromatic rings. The maximum Gasteiger partial charge on any atom is 0.272 e. The van der Waals surface area contributed by atoms with Crippen LogP contribution >= 0.6 is 11.8 Å². The summed E-state index contributed by atoms with van der Waals surface area (Å²) in [4.78, 5) is 45.4. The van der Waals surface area contributed by atoms with Crippen molar-refractivity contribution in [1.29, 1.82) is 0 Å². The highest BCUT2D eigenvalue weighted by molar-refractivity contribution is 8.00. The summed E-state index contributed by atoms with van der Waals surface area (Å²) in [5.74, 6) is -0.517. The second-order valence-electron chi connectivity index (χ2n) is 9.86. The van der Waals surface area contributed by atoms with Gasteiger partial charge in [0.15, 0.2) is 0 Å². The minimum atomic E-state index is -0.462. The SMILES string of the molecule is O=C(Nc1cccc(SCC(=O)N2CCc3ccccc32)c1)/C(=C/c1c[nH]c2ccccc12)NC(=O)c1ccccc1. The smallest absolute Gasteiger partial charge is 0.272 e. The van der Waals surface area contributed by atoms with Crippen LogP contribution in [0.25, 0.3) is 17.0 Å². The molecule has 0 bridgehead atoms. The van der Waals surface area contributed by atoms with Crippen LogP contribution in [0.3, 0.4) is 0 Å². The van der Waals surface area contributed by atoms with E-state index in [1.54, 1.807) is 42.6 Å². The van der Waals surface area contributed by atoms with Gasteiger partial charge in [-0.1, -0.05) is 60.7 Å². The lowest BCUT2D eigenvalue weighted by Gasteiger charge is -2.17. The van der Waals surface area contributed by atoms with Crippen LogP contribution < -0.4 is 15.5 Å². The Morgan fingerprint density at radius 1 is 0.881 bits per heavy atom. The second-order valence-corrected chi connectivity index (χ2v) is 10.9. The van der Waals surface area contributed by atoms with Crippen molar-refractivity contribution in [1.82, 2.24) is 10.3 Å². The van der Waals surface area contributed by atoms with Crippen LogP contribution in [-0.2, 0) is 16.0 Å². The normalized spacial score (nSPS) is 12.7. The molecule has 0 atom stereocenters. The number of nitrogens with zero attached hydrogens (tertiary/aromatic N) is 1. The Bertz CT molecular complexity index is 1810. The standard InChI is InChI=1S/C34H28N4O3S/c39-32(38-18-17-23-9-4-7-16-31(23)38)22-42-27-13-8-12-26(20-27)36-34(41)30(37-33(40)24-10-2-1-3-11-24)19-25-21-35-29-15-6-5-14-28(25)29/h1-16,19-21,35H,17-18,22H2,(H,36,41)(H,37,40)/b30-19-. The number of hydrogen-bond donors (Lipinski definition) is 3. The highest BCUT2D eigenvalue weighted by atomic mass is 32.2. The van der Waals surface area contributed by atoms with E-state index in [4.69, 9.17) is 0 Å². The van der Waals surface area contributed by atoms with Crippen LogP contribution in [-0.4, -0.2) is 35.0 Å². The summed E-state index contributed by atoms with van der Waals surface area (Å²) < 4.78 is 0. The maximum absolute atomic E-state index is 13.5. The van der Waals surface area contributed by atoms with Crippen molar-refractivity contribution in [2.75, 3.05) is 22.5 Å². The van der Waals surface area contributed by atoms with Crippen LogP contribution in [0.1, 0.15) is 21.5 Å². The molecule has 0 aliphatic carbocycles. The number of para-hydroxylation sites is 2. The molecule has 0 unspecified atom stereocenters. The predicted octanol–water partition coefficient (Wildman–Crippen LogP) is 6.26. The third-order valence-electron chi connectivity index (χ3n) is 7.09. The van der Waals surface area contributed by atoms with Gasteiger partial charge in [0.2, 0.25) is 5.91 Å². The van der Waals surface area contributed by atoms with E-state index in [1.165, 1.54) is 17.3 Å². The molecule has 208 valence electrons. The van der Waals surface area contributed by atoms with Crippen molar-refractivity contribution in [2.24, 2.45) is 0 Å². The molecule has 0 saturated carbocycles. The van der Waals surface area contributed by atoms with E-state index in [9.17, 15) is 14.4 Å². The van der Waals surface area contributed by atoms with E-state index in [0.717, 1.165) is 33.5 Å². The number of amides is 3. The van der Waals surface area contributed by atoms with Gasteiger partial charge < -0.3 is 20.5 Å². The molecule has 3 N–H and O–H groups in total. The topological polar surface area (TPSA) is 94.3 Å². The molecular weight excluding hydrogens is 544 g/mol. The van der Waals surface area contributed by atoms with Gasteiger partial charge in [0.25, 0.3) is 11.8 Å². The fourth-order valence-electron chi connectivity index (χ4n) is 4.99. The average Bonchev–Trinajstić information content (AvgIpc) is 3.65. The van der Waals surface area contributed by atoms with Gasteiger partial charge in [-0.05, 0) is 60.5 Å². The fraction of sp³-hybridized carbons (Fsp3) is 0.0882. The Morgan fingerprint density at radius 2 is 1.67 bits per heavy atom. The summed E-state index contributed by atoms with van der Waals surface area (Å²) in [5.41, 5.74) is 4.98. The molecule has 0 saturated heterocycles. The van der Waals surface area contributed by atoms with Crippen LogP contribution in [0.15, 0.2) is 120 Å². The molecule has 8 heteroatoms. The zero-order chi connectivity index (χ0) is 28.9. The van der Waals surface area contributed by atoms with E-state index in [0.29, 0.717) is 17.8 Å². The molecule has 4 aromatic carbocycles. The maximum atomic E-state index is 13.5. The highest BCUT2D eigenvalue weighted by Crippen LogP contribution is 2.29. The van der Waals surface area contributed by atoms with Crippen molar-refractivity contribution in [3.05, 3.63) is 132 Å². The second kappa shape index (κ2) is 12.2. The van der Waals surface area contributed by atoms with Crippen LogP contribution in [0.2, 0.25) is 0 Å². The van der Waals surface area contributed by atoms with Gasteiger partial charge in [-0.2, -0.15) is 0 Å². The first-order chi connectivity index (χ1) is 20.5. The van der Waals surface area contributed by atoms with Gasteiger partial charge in [0, 0.05) is 51.0 Å². The Balaban J connectivity index is 1.18. The van der Waals surface area contributed by atoms with E-state index in [1.807, 2.05) is 71.6 Å². The monoisotopic (exact) mass is 572 g/mol. The molecule has 0 radical (unpaired) electrons. The number of fused-ring (bicyclic) bond motifs is 2. The third-order valence-corrected chi connectivity index (χ3v) is 8.07. The van der Waals surface area contributed by atoms with E-state index in [-0.39, 0.29) is 23.3 Å². The number of thioether (sulfide) groups is 1. The molecule has 0 spiro atoms. The summed E-state index contributed by atoms with van der Waals surface area (Å²) in [7, 11) is 0. The van der Waals surface area contributed by atoms with E-state index >= 15 is 0 Å². The number of aromatic nitrogens is 1. The molecule has 7 nitrogen and oxygen atoms in total. The zero-order valence-electron chi connectivity index (χ0n) is 22.7. The highest BCUT2D eigenvalue weighted by Gasteiger charge is 2.24. The average molecular weight is 573 g/mol. The molecule has 6 rings (SSSR count). The quantitative estimate of drug-likeness (QED) is 0.151. The summed E-state index contributed by atoms with van der Waals surface area (Å²) in [5, 5.41) is 6.64. The van der Waals surface area contributed by atoms with Crippen molar-refractivity contribution < 1.29 is 14.4 Å². The first kappa shape index (κ1) is 27.1. The van der Waals surface area contributed by atoms with Crippen molar-refractivity contribution in [3.63, 3.8) is 0 Å². The minimum Gasteiger partial charge on any atom is -0.361 e. The number of rotatable bonds is 8. The summed E-state index contributed by atoms with van der Waals surface area (Å²) in [6.07, 6.45) is 4.34. The summed E-state index contributed by atoms with van der Waals surface area (Å²) in [6.45, 7) is 0.690. The van der Waals surface area contributed by atoms with Gasteiger partial charge in [-0.25, -0.2) is 0 Å². The van der Waals surface area contributed by atoms with Gasteiger partial charge >= 0.3 is 0 Å². The van der Waals surface area contributed by atoms with Gasteiger partial charge in [0.1, 0.15) is 5.70 Å². The fourth-order valence-corrected chi connectivity index (χ4v) is 5.82. The number of H-pyrrole nitrogens is 1. The molecule has 0 fully saturated rings. The summed E-state index contributed by atoms with van der Waals surface area (Å²) in [6, 6.07) is 31.9. The largest absolute Gasteiger partial charge is 0.361 e. The van der Waals surface area contributed by atoms with Gasteiger partial charge in [0.05, 0.1) is 5.75 Å². The molecule has 2 heterocycles. The first-order valence-electron chi connectivity index (χ1n) is 13.6. The van der Waals surface area contributed by atoms with Crippen molar-refractivity contribution in [2.45, 2.75) is 11.3 Å².